The Morgan fingerprint density at radius 1 is 0.907 bits per heavy atom. The molecule has 2 fully saturated rings. The van der Waals surface area contributed by atoms with Crippen LogP contribution in [0.3, 0.4) is 0 Å². The van der Waals surface area contributed by atoms with E-state index in [2.05, 4.69) is 96.2 Å². The average molecular weight is 584 g/mol. The second kappa shape index (κ2) is 13.1. The van der Waals surface area contributed by atoms with Crippen molar-refractivity contribution in [3.63, 3.8) is 0 Å². The topological polar surface area (TPSA) is 64.6 Å². The minimum absolute atomic E-state index is 0.289. The second-order valence-corrected chi connectivity index (χ2v) is 12.1. The molecule has 5 rings (SSSR count). The number of fused-ring (bicyclic) bond motifs is 1. The van der Waals surface area contributed by atoms with Crippen LogP contribution < -0.4 is 5.32 Å². The Morgan fingerprint density at radius 2 is 1.44 bits per heavy atom. The molecule has 0 radical (unpaired) electrons. The van der Waals surface area contributed by atoms with Crippen LogP contribution in [-0.4, -0.2) is 75.2 Å². The van der Waals surface area contributed by atoms with E-state index in [4.69, 9.17) is 18.9 Å². The molecule has 1 N–H and O–H groups in total. The Morgan fingerprint density at radius 3 is 1.93 bits per heavy atom. The van der Waals surface area contributed by atoms with E-state index in [1.807, 2.05) is 57.3 Å². The Labute approximate surface area is 256 Å². The normalized spacial score (nSPS) is 25.3. The summed E-state index contributed by atoms with van der Waals surface area (Å²) in [6.45, 7) is 6.99. The van der Waals surface area contributed by atoms with E-state index >= 15 is 0 Å². The summed E-state index contributed by atoms with van der Waals surface area (Å²) in [5.41, 5.74) is 2.69. The largest absolute Gasteiger partial charge is 0.383 e. The van der Waals surface area contributed by atoms with Gasteiger partial charge in [0.2, 0.25) is 0 Å². The van der Waals surface area contributed by atoms with Gasteiger partial charge in [-0.15, -0.1) is 0 Å². The van der Waals surface area contributed by atoms with Crippen LogP contribution in [0.15, 0.2) is 108 Å². The standard InChI is InChI=1S/C36H45N3O4/c1-34(2)42-32-33(38-23-22-27(24-37-4)25-39(5)6)41-31(35(32,3)43-34)26-40-36(28-16-10-7-11-17-28,29-18-12-8-13-19-29)30-20-14-9-15-21-30/h7-21,24-25,31-33,38H,22-23,26H2,1-6H3/b27-25-,37-24?/t31?,32-,33?,35+/m0/s1. The van der Waals surface area contributed by atoms with Gasteiger partial charge >= 0.3 is 0 Å². The molecule has 4 atom stereocenters. The molecular formula is C36H45N3O4. The molecule has 3 aromatic carbocycles. The number of nitrogens with zero attached hydrogens (tertiary/aromatic N) is 2. The molecule has 2 aliphatic rings. The van der Waals surface area contributed by atoms with Crippen LogP contribution in [0.1, 0.15) is 43.9 Å². The molecule has 0 aliphatic carbocycles. The molecule has 43 heavy (non-hydrogen) atoms. The van der Waals surface area contributed by atoms with E-state index in [-0.39, 0.29) is 25.0 Å². The van der Waals surface area contributed by atoms with Gasteiger partial charge in [-0.3, -0.25) is 10.3 Å². The fourth-order valence-electron chi connectivity index (χ4n) is 6.38. The number of benzene rings is 3. The van der Waals surface area contributed by atoms with Gasteiger partial charge in [0, 0.05) is 40.1 Å². The van der Waals surface area contributed by atoms with Crippen molar-refractivity contribution in [2.75, 3.05) is 34.3 Å². The summed E-state index contributed by atoms with van der Waals surface area (Å²) in [5.74, 6) is -0.748. The van der Waals surface area contributed by atoms with Crippen LogP contribution in [0.25, 0.3) is 0 Å². The molecular weight excluding hydrogens is 538 g/mol. The number of hydrogen-bond donors (Lipinski definition) is 1. The van der Waals surface area contributed by atoms with Gasteiger partial charge < -0.3 is 23.8 Å². The first-order valence-electron chi connectivity index (χ1n) is 15.0. The lowest BCUT2D eigenvalue weighted by Gasteiger charge is -2.38. The Hall–Kier alpha value is -3.33. The molecule has 0 spiro atoms. The molecule has 2 heterocycles. The van der Waals surface area contributed by atoms with E-state index < -0.39 is 17.0 Å². The van der Waals surface area contributed by atoms with Crippen molar-refractivity contribution >= 4 is 6.21 Å². The molecule has 0 amide bonds. The highest BCUT2D eigenvalue weighted by Gasteiger charge is 2.63. The number of hydrogen-bond acceptors (Lipinski definition) is 7. The second-order valence-electron chi connectivity index (χ2n) is 12.1. The predicted octanol–water partition coefficient (Wildman–Crippen LogP) is 5.76. The van der Waals surface area contributed by atoms with Crippen LogP contribution in [0.5, 0.6) is 0 Å². The smallest absolute Gasteiger partial charge is 0.164 e. The number of nitrogens with one attached hydrogen (secondary N) is 1. The molecule has 0 bridgehead atoms. The summed E-state index contributed by atoms with van der Waals surface area (Å²) in [6, 6.07) is 31.2. The van der Waals surface area contributed by atoms with Crippen molar-refractivity contribution in [1.82, 2.24) is 10.2 Å². The van der Waals surface area contributed by atoms with E-state index in [0.29, 0.717) is 6.54 Å². The summed E-state index contributed by atoms with van der Waals surface area (Å²) in [7, 11) is 5.82. The maximum atomic E-state index is 7.16. The highest BCUT2D eigenvalue weighted by Crippen LogP contribution is 2.48. The lowest BCUT2D eigenvalue weighted by Crippen LogP contribution is -2.48. The van der Waals surface area contributed by atoms with Crippen LogP contribution in [0.4, 0.5) is 0 Å². The number of rotatable bonds is 12. The zero-order chi connectivity index (χ0) is 30.5. The summed E-state index contributed by atoms with van der Waals surface area (Å²) >= 11 is 0. The molecule has 228 valence electrons. The molecule has 3 aromatic rings. The van der Waals surface area contributed by atoms with Crippen molar-refractivity contribution < 1.29 is 18.9 Å². The SMILES string of the molecule is CN=C/C(=C\N(C)C)CCNC1OC(COC(c2ccccc2)(c2ccccc2)c2ccccc2)[C@@]2(C)OC(C)(C)O[C@@H]12. The molecule has 2 saturated heterocycles. The first kappa shape index (κ1) is 31.1. The molecule has 0 saturated carbocycles. The minimum atomic E-state index is -0.856. The first-order chi connectivity index (χ1) is 20.7. The molecule has 0 aromatic heterocycles. The zero-order valence-corrected chi connectivity index (χ0v) is 26.2. The van der Waals surface area contributed by atoms with Crippen molar-refractivity contribution in [3.8, 4) is 0 Å². The van der Waals surface area contributed by atoms with Gasteiger partial charge in [0.25, 0.3) is 0 Å². The third-order valence-corrected chi connectivity index (χ3v) is 8.14. The Kier molecular flexibility index (Phi) is 9.49. The average Bonchev–Trinajstić information content (AvgIpc) is 3.39. The van der Waals surface area contributed by atoms with E-state index in [1.54, 1.807) is 7.05 Å². The van der Waals surface area contributed by atoms with Crippen LogP contribution in [-0.2, 0) is 24.5 Å². The summed E-state index contributed by atoms with van der Waals surface area (Å²) in [4.78, 5) is 6.25. The summed E-state index contributed by atoms with van der Waals surface area (Å²) < 4.78 is 26.9. The van der Waals surface area contributed by atoms with Gasteiger partial charge in [-0.05, 0) is 49.5 Å². The van der Waals surface area contributed by atoms with Crippen LogP contribution in [0, 0.1) is 0 Å². The fourth-order valence-corrected chi connectivity index (χ4v) is 6.38. The van der Waals surface area contributed by atoms with Crippen molar-refractivity contribution in [2.24, 2.45) is 4.99 Å². The van der Waals surface area contributed by atoms with E-state index in [9.17, 15) is 0 Å². The fraction of sp³-hybridized carbons (Fsp3) is 0.417. The minimum Gasteiger partial charge on any atom is -0.383 e. The van der Waals surface area contributed by atoms with Crippen LogP contribution >= 0.6 is 0 Å². The van der Waals surface area contributed by atoms with Gasteiger partial charge in [0.1, 0.15) is 29.6 Å². The van der Waals surface area contributed by atoms with Gasteiger partial charge in [0.05, 0.1) is 6.61 Å². The van der Waals surface area contributed by atoms with E-state index in [1.165, 1.54) is 0 Å². The first-order valence-corrected chi connectivity index (χ1v) is 15.0. The maximum Gasteiger partial charge on any atom is 0.164 e. The zero-order valence-electron chi connectivity index (χ0n) is 26.2. The molecule has 7 nitrogen and oxygen atoms in total. The predicted molar refractivity (Wildman–Crippen MR) is 171 cm³/mol. The third kappa shape index (κ3) is 6.61. The van der Waals surface area contributed by atoms with Gasteiger partial charge in [-0.2, -0.15) is 0 Å². The molecule has 2 aliphatic heterocycles. The van der Waals surface area contributed by atoms with Crippen LogP contribution in [0.2, 0.25) is 0 Å². The summed E-state index contributed by atoms with van der Waals surface area (Å²) in [6.07, 6.45) is 3.72. The van der Waals surface area contributed by atoms with Gasteiger partial charge in [-0.1, -0.05) is 91.0 Å². The van der Waals surface area contributed by atoms with Crippen molar-refractivity contribution in [1.29, 1.82) is 0 Å². The Balaban J connectivity index is 1.44. The number of ether oxygens (including phenoxy) is 4. The Bertz CT molecular complexity index is 1280. The van der Waals surface area contributed by atoms with Crippen molar-refractivity contribution in [2.45, 2.75) is 62.6 Å². The van der Waals surface area contributed by atoms with Gasteiger partial charge in [0.15, 0.2) is 5.79 Å². The monoisotopic (exact) mass is 583 g/mol. The number of aliphatic imine (C=N–C) groups is 1. The lowest BCUT2D eigenvalue weighted by molar-refractivity contribution is -0.214. The molecule has 2 unspecified atom stereocenters. The lowest BCUT2D eigenvalue weighted by atomic mass is 9.80. The molecule has 7 heteroatoms. The quantitative estimate of drug-likeness (QED) is 0.216. The highest BCUT2D eigenvalue weighted by atomic mass is 16.8. The maximum absolute atomic E-state index is 7.16. The van der Waals surface area contributed by atoms with Crippen molar-refractivity contribution in [3.05, 3.63) is 119 Å². The van der Waals surface area contributed by atoms with E-state index in [0.717, 1.165) is 28.7 Å². The van der Waals surface area contributed by atoms with Gasteiger partial charge in [-0.25, -0.2) is 0 Å². The third-order valence-electron chi connectivity index (χ3n) is 8.14. The highest BCUT2D eigenvalue weighted by molar-refractivity contribution is 5.78. The summed E-state index contributed by atoms with van der Waals surface area (Å²) in [5, 5.41) is 3.60.